The molecule has 27 heavy (non-hydrogen) atoms. The van der Waals surface area contributed by atoms with Gasteiger partial charge >= 0.3 is 0 Å². The number of aryl methyl sites for hydroxylation is 1. The fourth-order valence-electron chi connectivity index (χ4n) is 3.89. The van der Waals surface area contributed by atoms with Crippen molar-refractivity contribution in [1.82, 2.24) is 4.98 Å². The topological polar surface area (TPSA) is 71.2 Å². The zero-order chi connectivity index (χ0) is 18.9. The Kier molecular flexibility index (Phi) is 4.54. The van der Waals surface area contributed by atoms with Crippen molar-refractivity contribution in [2.75, 3.05) is 18.5 Å². The average Bonchev–Trinajstić information content (AvgIpc) is 2.68. The lowest BCUT2D eigenvalue weighted by atomic mass is 9.73. The molecule has 0 bridgehead atoms. The van der Waals surface area contributed by atoms with E-state index in [-0.39, 0.29) is 11.5 Å². The molecule has 5 nitrogen and oxygen atoms in total. The average molecular weight is 362 g/mol. The number of benzene rings is 2. The summed E-state index contributed by atoms with van der Waals surface area (Å²) in [7, 11) is 0. The number of pyridine rings is 1. The van der Waals surface area contributed by atoms with E-state index in [2.05, 4.69) is 10.3 Å². The molecule has 0 atom stereocenters. The quantitative estimate of drug-likeness (QED) is 0.749. The third-order valence-electron chi connectivity index (χ3n) is 5.42. The molecule has 0 saturated carbocycles. The van der Waals surface area contributed by atoms with Gasteiger partial charge in [-0.3, -0.25) is 9.59 Å². The Morgan fingerprint density at radius 2 is 1.81 bits per heavy atom. The van der Waals surface area contributed by atoms with Crippen molar-refractivity contribution in [2.45, 2.75) is 25.2 Å². The van der Waals surface area contributed by atoms with Gasteiger partial charge in [-0.05, 0) is 43.0 Å². The third kappa shape index (κ3) is 3.26. The Labute approximate surface area is 157 Å². The van der Waals surface area contributed by atoms with E-state index >= 15 is 0 Å². The molecular formula is C22H22N2O3. The molecule has 0 radical (unpaired) electrons. The number of carbonyl (C=O) groups excluding carboxylic acids is 1. The van der Waals surface area contributed by atoms with Gasteiger partial charge in [-0.1, -0.05) is 36.4 Å². The summed E-state index contributed by atoms with van der Waals surface area (Å²) in [5, 5.41) is 4.03. The highest BCUT2D eigenvalue weighted by Crippen LogP contribution is 2.36. The number of amides is 1. The lowest BCUT2D eigenvalue weighted by Crippen LogP contribution is -2.44. The van der Waals surface area contributed by atoms with Crippen LogP contribution < -0.4 is 10.9 Å². The zero-order valence-corrected chi connectivity index (χ0v) is 15.2. The van der Waals surface area contributed by atoms with Crippen molar-refractivity contribution >= 4 is 22.5 Å². The lowest BCUT2D eigenvalue weighted by Gasteiger charge is -2.36. The summed E-state index contributed by atoms with van der Waals surface area (Å²) < 4.78 is 5.51. The van der Waals surface area contributed by atoms with E-state index in [1.807, 2.05) is 55.5 Å². The van der Waals surface area contributed by atoms with Crippen LogP contribution in [0.4, 0.5) is 5.69 Å². The van der Waals surface area contributed by atoms with Gasteiger partial charge in [0.25, 0.3) is 0 Å². The Morgan fingerprint density at radius 3 is 2.56 bits per heavy atom. The van der Waals surface area contributed by atoms with Crippen LogP contribution in [0.3, 0.4) is 0 Å². The zero-order valence-electron chi connectivity index (χ0n) is 15.2. The van der Waals surface area contributed by atoms with Crippen molar-refractivity contribution in [2.24, 2.45) is 0 Å². The molecule has 2 N–H and O–H groups in total. The molecule has 2 heterocycles. The minimum absolute atomic E-state index is 0.0358. The molecule has 3 aromatic rings. The number of aromatic amines is 1. The summed E-state index contributed by atoms with van der Waals surface area (Å²) in [5.41, 5.74) is 2.57. The SMILES string of the molecule is Cc1cc(=O)[nH]c2cc(NC(=O)C3(c4ccccc4)CCOCC3)ccc12. The smallest absolute Gasteiger partial charge is 0.248 e. The van der Waals surface area contributed by atoms with E-state index in [0.29, 0.717) is 31.7 Å². The highest BCUT2D eigenvalue weighted by atomic mass is 16.5. The van der Waals surface area contributed by atoms with Crippen LogP contribution in [0, 0.1) is 6.92 Å². The van der Waals surface area contributed by atoms with Crippen molar-refractivity contribution in [3.63, 3.8) is 0 Å². The van der Waals surface area contributed by atoms with Gasteiger partial charge in [0, 0.05) is 30.4 Å². The molecule has 0 unspecified atom stereocenters. The number of hydrogen-bond donors (Lipinski definition) is 2. The molecule has 4 rings (SSSR count). The number of anilines is 1. The summed E-state index contributed by atoms with van der Waals surface area (Å²) in [6.45, 7) is 3.03. The van der Waals surface area contributed by atoms with Gasteiger partial charge in [-0.25, -0.2) is 0 Å². The van der Waals surface area contributed by atoms with E-state index in [4.69, 9.17) is 4.74 Å². The van der Waals surface area contributed by atoms with Gasteiger partial charge in [-0.2, -0.15) is 0 Å². The van der Waals surface area contributed by atoms with Gasteiger partial charge in [0.05, 0.1) is 10.9 Å². The molecule has 1 amide bonds. The molecule has 1 saturated heterocycles. The summed E-state index contributed by atoms with van der Waals surface area (Å²) >= 11 is 0. The van der Waals surface area contributed by atoms with Crippen LogP contribution in [0.15, 0.2) is 59.4 Å². The van der Waals surface area contributed by atoms with E-state index in [1.54, 1.807) is 6.07 Å². The number of nitrogens with one attached hydrogen (secondary N) is 2. The normalized spacial score (nSPS) is 16.2. The number of aromatic nitrogens is 1. The van der Waals surface area contributed by atoms with Crippen LogP contribution >= 0.6 is 0 Å². The van der Waals surface area contributed by atoms with Crippen LogP contribution in [0.1, 0.15) is 24.0 Å². The summed E-state index contributed by atoms with van der Waals surface area (Å²) in [6.07, 6.45) is 1.29. The first kappa shape index (κ1) is 17.5. The molecule has 1 fully saturated rings. The number of carbonyl (C=O) groups is 1. The van der Waals surface area contributed by atoms with E-state index in [9.17, 15) is 9.59 Å². The van der Waals surface area contributed by atoms with Gasteiger partial charge in [0.1, 0.15) is 0 Å². The largest absolute Gasteiger partial charge is 0.381 e. The number of rotatable bonds is 3. The maximum Gasteiger partial charge on any atom is 0.248 e. The van der Waals surface area contributed by atoms with Crippen LogP contribution in [0.5, 0.6) is 0 Å². The van der Waals surface area contributed by atoms with Crippen LogP contribution in [0.25, 0.3) is 10.9 Å². The molecular weight excluding hydrogens is 340 g/mol. The first-order valence-corrected chi connectivity index (χ1v) is 9.17. The molecule has 0 spiro atoms. The van der Waals surface area contributed by atoms with Crippen molar-refractivity contribution in [3.05, 3.63) is 76.1 Å². The first-order chi connectivity index (χ1) is 13.1. The molecule has 0 aliphatic carbocycles. The fourth-order valence-corrected chi connectivity index (χ4v) is 3.89. The molecule has 2 aromatic carbocycles. The summed E-state index contributed by atoms with van der Waals surface area (Å²) in [5.74, 6) is -0.0358. The van der Waals surface area contributed by atoms with Crippen LogP contribution in [-0.4, -0.2) is 24.1 Å². The van der Waals surface area contributed by atoms with Gasteiger partial charge in [0.15, 0.2) is 0 Å². The standard InChI is InChI=1S/C22H22N2O3/c1-15-13-20(25)24-19-14-17(7-8-18(15)19)23-21(26)22(9-11-27-12-10-22)16-5-3-2-4-6-16/h2-8,13-14H,9-12H2,1H3,(H,23,26)(H,24,25). The van der Waals surface area contributed by atoms with Crippen molar-refractivity contribution < 1.29 is 9.53 Å². The Bertz CT molecular complexity index is 1030. The van der Waals surface area contributed by atoms with Gasteiger partial charge < -0.3 is 15.0 Å². The van der Waals surface area contributed by atoms with E-state index in [1.165, 1.54) is 0 Å². The highest BCUT2D eigenvalue weighted by molar-refractivity contribution is 6.00. The Balaban J connectivity index is 1.69. The number of ether oxygens (including phenoxy) is 1. The third-order valence-corrected chi connectivity index (χ3v) is 5.42. The van der Waals surface area contributed by atoms with Gasteiger partial charge in [0.2, 0.25) is 11.5 Å². The second kappa shape index (κ2) is 7.00. The Hall–Kier alpha value is -2.92. The molecule has 1 aromatic heterocycles. The second-order valence-corrected chi connectivity index (χ2v) is 7.09. The van der Waals surface area contributed by atoms with Crippen LogP contribution in [-0.2, 0) is 14.9 Å². The summed E-state index contributed by atoms with van der Waals surface area (Å²) in [4.78, 5) is 27.9. The first-order valence-electron chi connectivity index (χ1n) is 9.17. The number of fused-ring (bicyclic) bond motifs is 1. The molecule has 138 valence electrons. The predicted octanol–water partition coefficient (Wildman–Crippen LogP) is 3.52. The van der Waals surface area contributed by atoms with Crippen molar-refractivity contribution in [3.8, 4) is 0 Å². The lowest BCUT2D eigenvalue weighted by molar-refractivity contribution is -0.125. The Morgan fingerprint density at radius 1 is 1.07 bits per heavy atom. The van der Waals surface area contributed by atoms with Gasteiger partial charge in [-0.15, -0.1) is 0 Å². The van der Waals surface area contributed by atoms with E-state index < -0.39 is 5.41 Å². The van der Waals surface area contributed by atoms with E-state index in [0.717, 1.165) is 22.0 Å². The van der Waals surface area contributed by atoms with Crippen LogP contribution in [0.2, 0.25) is 0 Å². The maximum atomic E-state index is 13.3. The fraction of sp³-hybridized carbons (Fsp3) is 0.273. The second-order valence-electron chi connectivity index (χ2n) is 7.09. The monoisotopic (exact) mass is 362 g/mol. The molecule has 5 heteroatoms. The number of H-pyrrole nitrogens is 1. The van der Waals surface area contributed by atoms with Crippen molar-refractivity contribution in [1.29, 1.82) is 0 Å². The molecule has 1 aliphatic rings. The maximum absolute atomic E-state index is 13.3. The minimum atomic E-state index is -0.603. The highest BCUT2D eigenvalue weighted by Gasteiger charge is 2.41. The molecule has 1 aliphatic heterocycles. The minimum Gasteiger partial charge on any atom is -0.381 e. The summed E-state index contributed by atoms with van der Waals surface area (Å²) in [6, 6.07) is 17.1. The predicted molar refractivity (Wildman–Crippen MR) is 106 cm³/mol. The number of hydrogen-bond acceptors (Lipinski definition) is 3.